The summed E-state index contributed by atoms with van der Waals surface area (Å²) >= 11 is 0. The smallest absolute Gasteiger partial charge is 0.258 e. The van der Waals surface area contributed by atoms with E-state index >= 15 is 0 Å². The molecule has 0 saturated carbocycles. The van der Waals surface area contributed by atoms with Gasteiger partial charge in [0.1, 0.15) is 23.7 Å². The summed E-state index contributed by atoms with van der Waals surface area (Å²) < 4.78 is 48.8. The summed E-state index contributed by atoms with van der Waals surface area (Å²) in [7, 11) is 1.73. The first-order chi connectivity index (χ1) is 17.5. The molecule has 0 bridgehead atoms. The standard InChI is InChI=1S/C22H25F3N10O/c1-26-20-19-13(15-2-3-17-21(27-15)35(32-30-17)9-18(24)25)4-7-34(19)31-22(29-20)28-16-5-6-33(8-14(16)23)12-10-36-11-12/h2-4,7,12,14,16,18H,5-6,8-11H2,1H3,(H2,26,28,29,31)/t14-,16+/m0/s1. The topological polar surface area (TPSA) is 110 Å². The van der Waals surface area contributed by atoms with Crippen LogP contribution in [0.1, 0.15) is 6.42 Å². The van der Waals surface area contributed by atoms with Gasteiger partial charge in [0.25, 0.3) is 6.43 Å². The van der Waals surface area contributed by atoms with E-state index in [-0.39, 0.29) is 5.65 Å². The van der Waals surface area contributed by atoms with Gasteiger partial charge in [-0.1, -0.05) is 5.21 Å². The number of nitrogens with one attached hydrogen (secondary N) is 2. The van der Waals surface area contributed by atoms with Gasteiger partial charge in [-0.25, -0.2) is 27.4 Å². The van der Waals surface area contributed by atoms with Crippen molar-refractivity contribution >= 4 is 28.4 Å². The number of ether oxygens (including phenoxy) is 1. The molecule has 2 N–H and O–H groups in total. The lowest BCUT2D eigenvalue weighted by Crippen LogP contribution is -2.57. The SMILES string of the molecule is CNc1nc(N[C@@H]2CCN(C3COC3)C[C@@H]2F)nn2ccc(-c3ccc4nnn(CC(F)F)c4n3)c12. The maximum absolute atomic E-state index is 14.9. The van der Waals surface area contributed by atoms with E-state index in [1.54, 1.807) is 29.9 Å². The molecule has 2 aliphatic rings. The molecule has 6 heterocycles. The van der Waals surface area contributed by atoms with Crippen LogP contribution in [0.2, 0.25) is 0 Å². The molecule has 2 fully saturated rings. The number of anilines is 2. The molecule has 0 radical (unpaired) electrons. The van der Waals surface area contributed by atoms with Crippen molar-refractivity contribution in [2.75, 3.05) is 44.0 Å². The van der Waals surface area contributed by atoms with E-state index in [0.29, 0.717) is 66.3 Å². The Labute approximate surface area is 203 Å². The first kappa shape index (κ1) is 22.9. The quantitative estimate of drug-likeness (QED) is 0.392. The van der Waals surface area contributed by atoms with Crippen LogP contribution in [-0.4, -0.2) is 97.5 Å². The van der Waals surface area contributed by atoms with Crippen LogP contribution in [-0.2, 0) is 11.3 Å². The third-order valence-corrected chi connectivity index (χ3v) is 6.72. The Morgan fingerprint density at radius 2 is 2.06 bits per heavy atom. The van der Waals surface area contributed by atoms with E-state index in [0.717, 1.165) is 11.2 Å². The lowest BCUT2D eigenvalue weighted by molar-refractivity contribution is -0.0794. The van der Waals surface area contributed by atoms with Crippen molar-refractivity contribution in [3.05, 3.63) is 24.4 Å². The molecule has 36 heavy (non-hydrogen) atoms. The Balaban J connectivity index is 1.28. The van der Waals surface area contributed by atoms with Crippen molar-refractivity contribution in [2.45, 2.75) is 37.6 Å². The predicted molar refractivity (Wildman–Crippen MR) is 126 cm³/mol. The Hall–Kier alpha value is -3.52. The van der Waals surface area contributed by atoms with Crippen LogP contribution in [0.15, 0.2) is 24.4 Å². The minimum absolute atomic E-state index is 0.270. The lowest BCUT2D eigenvalue weighted by Gasteiger charge is -2.42. The Kier molecular flexibility index (Phi) is 5.84. The van der Waals surface area contributed by atoms with Gasteiger partial charge >= 0.3 is 0 Å². The summed E-state index contributed by atoms with van der Waals surface area (Å²) in [5, 5.41) is 18.5. The molecule has 6 rings (SSSR count). The number of nitrogens with zero attached hydrogens (tertiary/aromatic N) is 8. The number of fused-ring (bicyclic) bond motifs is 2. The van der Waals surface area contributed by atoms with E-state index < -0.39 is 25.2 Å². The molecular formula is C22H25F3N10O. The summed E-state index contributed by atoms with van der Waals surface area (Å²) in [4.78, 5) is 11.3. The van der Waals surface area contributed by atoms with E-state index in [2.05, 4.69) is 40.9 Å². The second-order valence-corrected chi connectivity index (χ2v) is 9.00. The lowest BCUT2D eigenvalue weighted by atomic mass is 10.0. The highest BCUT2D eigenvalue weighted by Crippen LogP contribution is 2.30. The fourth-order valence-corrected chi connectivity index (χ4v) is 4.75. The number of hydrogen-bond acceptors (Lipinski definition) is 9. The number of pyridine rings is 1. The Morgan fingerprint density at radius 3 is 2.78 bits per heavy atom. The minimum Gasteiger partial charge on any atom is -0.378 e. The zero-order valence-corrected chi connectivity index (χ0v) is 19.5. The number of rotatable bonds is 7. The first-order valence-corrected chi connectivity index (χ1v) is 11.8. The van der Waals surface area contributed by atoms with E-state index in [1.807, 2.05) is 6.07 Å². The van der Waals surface area contributed by atoms with Crippen LogP contribution in [0.3, 0.4) is 0 Å². The van der Waals surface area contributed by atoms with Gasteiger partial charge in [-0.05, 0) is 24.6 Å². The molecule has 190 valence electrons. The van der Waals surface area contributed by atoms with Crippen molar-refractivity contribution in [1.29, 1.82) is 0 Å². The molecule has 0 spiro atoms. The zero-order chi connectivity index (χ0) is 24.8. The number of hydrogen-bond donors (Lipinski definition) is 2. The van der Waals surface area contributed by atoms with Crippen LogP contribution in [0, 0.1) is 0 Å². The average molecular weight is 503 g/mol. The van der Waals surface area contributed by atoms with Crippen molar-refractivity contribution < 1.29 is 17.9 Å². The highest BCUT2D eigenvalue weighted by atomic mass is 19.3. The fourth-order valence-electron chi connectivity index (χ4n) is 4.75. The Morgan fingerprint density at radius 1 is 1.19 bits per heavy atom. The molecule has 0 aromatic carbocycles. The summed E-state index contributed by atoms with van der Waals surface area (Å²) in [5.74, 6) is 0.831. The van der Waals surface area contributed by atoms with Crippen molar-refractivity contribution in [3.63, 3.8) is 0 Å². The van der Waals surface area contributed by atoms with Crippen molar-refractivity contribution in [2.24, 2.45) is 0 Å². The van der Waals surface area contributed by atoms with Gasteiger partial charge < -0.3 is 15.4 Å². The van der Waals surface area contributed by atoms with E-state index in [1.165, 1.54) is 0 Å². The third kappa shape index (κ3) is 4.09. The molecule has 2 aliphatic heterocycles. The molecule has 0 unspecified atom stereocenters. The highest BCUT2D eigenvalue weighted by molar-refractivity contribution is 5.89. The number of aromatic nitrogens is 7. The predicted octanol–water partition coefficient (Wildman–Crippen LogP) is 2.07. The molecule has 2 atom stereocenters. The normalized spacial score (nSPS) is 21.4. The van der Waals surface area contributed by atoms with Crippen molar-refractivity contribution in [3.8, 4) is 11.3 Å². The van der Waals surface area contributed by atoms with Crippen LogP contribution >= 0.6 is 0 Å². The maximum atomic E-state index is 14.9. The van der Waals surface area contributed by atoms with Crippen LogP contribution < -0.4 is 10.6 Å². The molecule has 0 amide bonds. The molecule has 14 heteroatoms. The van der Waals surface area contributed by atoms with Crippen LogP contribution in [0.25, 0.3) is 27.9 Å². The summed E-state index contributed by atoms with van der Waals surface area (Å²) in [6, 6.07) is 5.17. The maximum Gasteiger partial charge on any atom is 0.258 e. The van der Waals surface area contributed by atoms with Gasteiger partial charge in [-0.2, -0.15) is 4.98 Å². The van der Waals surface area contributed by atoms with Crippen LogP contribution in [0.5, 0.6) is 0 Å². The second kappa shape index (κ2) is 9.17. The number of likely N-dealkylation sites (tertiary alicyclic amines) is 1. The zero-order valence-electron chi connectivity index (χ0n) is 19.5. The van der Waals surface area contributed by atoms with E-state index in [4.69, 9.17) is 4.74 Å². The van der Waals surface area contributed by atoms with Gasteiger partial charge in [0.05, 0.1) is 31.0 Å². The molecule has 0 aliphatic carbocycles. The Bertz CT molecular complexity index is 1390. The summed E-state index contributed by atoms with van der Waals surface area (Å²) in [6.45, 7) is 1.88. The highest BCUT2D eigenvalue weighted by Gasteiger charge is 2.35. The van der Waals surface area contributed by atoms with Gasteiger partial charge in [0.15, 0.2) is 11.5 Å². The summed E-state index contributed by atoms with van der Waals surface area (Å²) in [6.07, 6.45) is -1.24. The monoisotopic (exact) mass is 502 g/mol. The molecule has 2 saturated heterocycles. The molecular weight excluding hydrogens is 477 g/mol. The largest absolute Gasteiger partial charge is 0.378 e. The minimum atomic E-state index is -2.57. The molecule has 4 aromatic heterocycles. The fraction of sp³-hybridized carbons (Fsp3) is 0.500. The van der Waals surface area contributed by atoms with Crippen molar-refractivity contribution in [1.82, 2.24) is 39.5 Å². The molecule has 11 nitrogen and oxygen atoms in total. The molecule has 4 aromatic rings. The first-order valence-electron chi connectivity index (χ1n) is 11.8. The van der Waals surface area contributed by atoms with Gasteiger partial charge in [0, 0.05) is 31.9 Å². The number of alkyl halides is 3. The van der Waals surface area contributed by atoms with Crippen LogP contribution in [0.4, 0.5) is 24.9 Å². The average Bonchev–Trinajstić information content (AvgIpc) is 3.43. The second-order valence-electron chi connectivity index (χ2n) is 9.00. The number of halogens is 3. The van der Waals surface area contributed by atoms with E-state index in [9.17, 15) is 13.2 Å². The van der Waals surface area contributed by atoms with Gasteiger partial charge in [0.2, 0.25) is 5.95 Å². The number of piperidine rings is 1. The van der Waals surface area contributed by atoms with Gasteiger partial charge in [-0.3, -0.25) is 4.90 Å². The van der Waals surface area contributed by atoms with Gasteiger partial charge in [-0.15, -0.1) is 10.2 Å². The summed E-state index contributed by atoms with van der Waals surface area (Å²) in [5.41, 5.74) is 2.60. The third-order valence-electron chi connectivity index (χ3n) is 6.72.